The van der Waals surface area contributed by atoms with Gasteiger partial charge in [0.15, 0.2) is 0 Å². The van der Waals surface area contributed by atoms with Crippen LogP contribution in [0.2, 0.25) is 0 Å². The van der Waals surface area contributed by atoms with E-state index in [0.717, 1.165) is 11.3 Å². The highest BCUT2D eigenvalue weighted by Crippen LogP contribution is 2.85. The van der Waals surface area contributed by atoms with Crippen molar-refractivity contribution in [3.63, 3.8) is 0 Å². The maximum Gasteiger partial charge on any atom is -0.0206 e. The van der Waals surface area contributed by atoms with Crippen molar-refractivity contribution in [2.24, 2.45) is 35.0 Å². The SMILES string of the molecule is CC1CC2C3C4CC4CCC123. The lowest BCUT2D eigenvalue weighted by Crippen LogP contribution is -2.27. The lowest BCUT2D eigenvalue weighted by molar-refractivity contribution is 0.141. The predicted molar refractivity (Wildman–Crippen MR) is 44.0 cm³/mol. The minimum absolute atomic E-state index is 0.956. The molecule has 0 nitrogen and oxygen atoms in total. The zero-order chi connectivity index (χ0) is 7.22. The summed E-state index contributed by atoms with van der Waals surface area (Å²) in [7, 11) is 0. The normalized spacial score (nSPS) is 75.5. The van der Waals surface area contributed by atoms with Crippen molar-refractivity contribution in [3.8, 4) is 0 Å². The van der Waals surface area contributed by atoms with Crippen LogP contribution in [0.1, 0.15) is 32.6 Å². The van der Waals surface area contributed by atoms with Gasteiger partial charge in [0, 0.05) is 0 Å². The topological polar surface area (TPSA) is 0 Å². The highest BCUT2D eigenvalue weighted by atomic mass is 14.8. The van der Waals surface area contributed by atoms with Gasteiger partial charge in [-0.3, -0.25) is 0 Å². The smallest absolute Gasteiger partial charge is 0.0206 e. The first-order valence-electron chi connectivity index (χ1n) is 5.34. The quantitative estimate of drug-likeness (QED) is 0.495. The number of rotatable bonds is 0. The van der Waals surface area contributed by atoms with Crippen LogP contribution in [0, 0.1) is 35.0 Å². The van der Waals surface area contributed by atoms with Crippen molar-refractivity contribution in [1.82, 2.24) is 0 Å². The van der Waals surface area contributed by atoms with Crippen LogP contribution < -0.4 is 0 Å². The third-order valence-electron chi connectivity index (χ3n) is 5.55. The van der Waals surface area contributed by atoms with E-state index in [9.17, 15) is 0 Å². The second-order valence-corrected chi connectivity index (χ2v) is 5.58. The van der Waals surface area contributed by atoms with E-state index in [1.807, 2.05) is 0 Å². The van der Waals surface area contributed by atoms with Gasteiger partial charge in [0.25, 0.3) is 0 Å². The number of hydrogen-bond donors (Lipinski definition) is 0. The average Bonchev–Trinajstić information content (AvgIpc) is 2.81. The zero-order valence-electron chi connectivity index (χ0n) is 7.22. The van der Waals surface area contributed by atoms with E-state index in [2.05, 4.69) is 6.92 Å². The Morgan fingerprint density at radius 3 is 3.00 bits per heavy atom. The van der Waals surface area contributed by atoms with Crippen molar-refractivity contribution in [2.45, 2.75) is 32.6 Å². The fraction of sp³-hybridized carbons (Fsp3) is 1.00. The summed E-state index contributed by atoms with van der Waals surface area (Å²) < 4.78 is 0. The summed E-state index contributed by atoms with van der Waals surface area (Å²) in [4.78, 5) is 0. The Balaban J connectivity index is 1.75. The molecule has 0 aliphatic heterocycles. The average molecular weight is 148 g/mol. The fourth-order valence-electron chi connectivity index (χ4n) is 4.85. The van der Waals surface area contributed by atoms with Gasteiger partial charge in [-0.2, -0.15) is 0 Å². The Morgan fingerprint density at radius 2 is 2.18 bits per heavy atom. The van der Waals surface area contributed by atoms with Crippen LogP contribution in [0.3, 0.4) is 0 Å². The van der Waals surface area contributed by atoms with E-state index in [1.165, 1.54) is 23.7 Å². The van der Waals surface area contributed by atoms with Crippen LogP contribution in [-0.2, 0) is 0 Å². The Morgan fingerprint density at radius 1 is 1.27 bits per heavy atom. The summed E-state index contributed by atoms with van der Waals surface area (Å²) in [6.45, 7) is 2.50. The minimum atomic E-state index is 0.956. The maximum atomic E-state index is 2.50. The molecule has 0 aromatic rings. The van der Waals surface area contributed by atoms with Crippen molar-refractivity contribution < 1.29 is 0 Å². The van der Waals surface area contributed by atoms with Gasteiger partial charge in [-0.15, -0.1) is 0 Å². The molecule has 60 valence electrons. The third-order valence-corrected chi connectivity index (χ3v) is 5.55. The largest absolute Gasteiger partial charge is 0.0619 e. The second kappa shape index (κ2) is 1.30. The molecule has 4 fully saturated rings. The van der Waals surface area contributed by atoms with E-state index in [4.69, 9.17) is 0 Å². The monoisotopic (exact) mass is 148 g/mol. The molecule has 0 heteroatoms. The molecule has 1 spiro atoms. The van der Waals surface area contributed by atoms with Crippen molar-refractivity contribution in [1.29, 1.82) is 0 Å². The van der Waals surface area contributed by atoms with Gasteiger partial charge >= 0.3 is 0 Å². The molecule has 0 saturated heterocycles. The van der Waals surface area contributed by atoms with Crippen LogP contribution in [-0.4, -0.2) is 0 Å². The first kappa shape index (κ1) is 5.61. The molecule has 4 saturated carbocycles. The van der Waals surface area contributed by atoms with Crippen molar-refractivity contribution >= 4 is 0 Å². The zero-order valence-corrected chi connectivity index (χ0v) is 7.22. The molecule has 0 aromatic carbocycles. The van der Waals surface area contributed by atoms with Gasteiger partial charge in [0.1, 0.15) is 0 Å². The number of hydrogen-bond acceptors (Lipinski definition) is 0. The molecule has 4 aliphatic rings. The maximum absolute atomic E-state index is 2.50. The summed E-state index contributed by atoms with van der Waals surface area (Å²) in [5.41, 5.74) is 0.956. The summed E-state index contributed by atoms with van der Waals surface area (Å²) in [6, 6.07) is 0. The van der Waals surface area contributed by atoms with Gasteiger partial charge in [-0.05, 0) is 60.7 Å². The molecule has 4 rings (SSSR count). The van der Waals surface area contributed by atoms with Crippen molar-refractivity contribution in [3.05, 3.63) is 0 Å². The summed E-state index contributed by atoms with van der Waals surface area (Å²) >= 11 is 0. The summed E-state index contributed by atoms with van der Waals surface area (Å²) in [5.74, 6) is 6.03. The number of fused-ring (bicyclic) bond motifs is 3. The van der Waals surface area contributed by atoms with Gasteiger partial charge in [0.2, 0.25) is 0 Å². The van der Waals surface area contributed by atoms with Gasteiger partial charge in [-0.25, -0.2) is 0 Å². The van der Waals surface area contributed by atoms with Crippen LogP contribution in [0.4, 0.5) is 0 Å². The molecule has 6 atom stereocenters. The lowest BCUT2D eigenvalue weighted by Gasteiger charge is -2.35. The van der Waals surface area contributed by atoms with Crippen LogP contribution in [0.5, 0.6) is 0 Å². The molecule has 0 heterocycles. The van der Waals surface area contributed by atoms with Gasteiger partial charge in [-0.1, -0.05) is 6.92 Å². The predicted octanol–water partition coefficient (Wildman–Crippen LogP) is 2.69. The molecule has 6 unspecified atom stereocenters. The van der Waals surface area contributed by atoms with E-state index in [1.54, 1.807) is 25.7 Å². The molecule has 0 radical (unpaired) electrons. The van der Waals surface area contributed by atoms with E-state index in [0.29, 0.717) is 0 Å². The van der Waals surface area contributed by atoms with E-state index >= 15 is 0 Å². The molecule has 0 N–H and O–H groups in total. The molecular formula is C11H16. The highest BCUT2D eigenvalue weighted by Gasteiger charge is 2.79. The molecule has 11 heavy (non-hydrogen) atoms. The molecule has 0 bridgehead atoms. The standard InChI is InChI=1S/C11H16/c1-6-4-9-10-8-5-7(8)2-3-11(6,9)10/h6-10H,2-5H2,1H3. The third kappa shape index (κ3) is 0.400. The minimum Gasteiger partial charge on any atom is -0.0619 e. The van der Waals surface area contributed by atoms with E-state index in [-0.39, 0.29) is 0 Å². The first-order chi connectivity index (χ1) is 5.34. The Hall–Kier alpha value is 0. The van der Waals surface area contributed by atoms with Gasteiger partial charge in [0.05, 0.1) is 0 Å². The van der Waals surface area contributed by atoms with Crippen molar-refractivity contribution in [2.75, 3.05) is 0 Å². The molecule has 0 amide bonds. The second-order valence-electron chi connectivity index (χ2n) is 5.58. The molecule has 0 aromatic heterocycles. The first-order valence-corrected chi connectivity index (χ1v) is 5.34. The fourth-order valence-corrected chi connectivity index (χ4v) is 4.85. The van der Waals surface area contributed by atoms with Crippen LogP contribution in [0.25, 0.3) is 0 Å². The summed E-state index contributed by atoms with van der Waals surface area (Å²) in [5, 5.41) is 0. The van der Waals surface area contributed by atoms with Crippen LogP contribution in [0.15, 0.2) is 0 Å². The van der Waals surface area contributed by atoms with Crippen LogP contribution >= 0.6 is 0 Å². The molecular weight excluding hydrogens is 132 g/mol. The Bertz CT molecular complexity index is 232. The van der Waals surface area contributed by atoms with Gasteiger partial charge < -0.3 is 0 Å². The lowest BCUT2D eigenvalue weighted by atomic mass is 9.70. The highest BCUT2D eigenvalue weighted by molar-refractivity contribution is 5.27. The Labute approximate surface area is 68.4 Å². The van der Waals surface area contributed by atoms with E-state index < -0.39 is 0 Å². The summed E-state index contributed by atoms with van der Waals surface area (Å²) in [6.07, 6.45) is 6.43. The molecule has 4 aliphatic carbocycles. The Kier molecular flexibility index (Phi) is 0.661.